The summed E-state index contributed by atoms with van der Waals surface area (Å²) in [5.41, 5.74) is 2.06. The summed E-state index contributed by atoms with van der Waals surface area (Å²) >= 11 is 1.48. The Morgan fingerprint density at radius 3 is 2.43 bits per heavy atom. The Morgan fingerprint density at radius 1 is 1.13 bits per heavy atom. The van der Waals surface area contributed by atoms with E-state index in [4.69, 9.17) is 0 Å². The van der Waals surface area contributed by atoms with Gasteiger partial charge in [-0.15, -0.1) is 11.8 Å². The SMILES string of the molecule is CCC(C)c1ccccc1NC(=O)C(C)Sc1ccc(O)cc1. The number of hydrogen-bond acceptors (Lipinski definition) is 3. The van der Waals surface area contributed by atoms with Gasteiger partial charge in [0.15, 0.2) is 0 Å². The Kier molecular flexibility index (Phi) is 6.11. The molecule has 0 aliphatic carbocycles. The smallest absolute Gasteiger partial charge is 0.237 e. The van der Waals surface area contributed by atoms with Crippen LogP contribution in [0.5, 0.6) is 5.75 Å². The molecule has 0 saturated carbocycles. The third-order valence-corrected chi connectivity index (χ3v) is 4.99. The monoisotopic (exact) mass is 329 g/mol. The number of anilines is 1. The van der Waals surface area contributed by atoms with Gasteiger partial charge in [-0.05, 0) is 55.2 Å². The molecular formula is C19H23NO2S. The number of carbonyl (C=O) groups is 1. The molecule has 2 N–H and O–H groups in total. The minimum absolute atomic E-state index is 0.0150. The Bertz CT molecular complexity index is 655. The summed E-state index contributed by atoms with van der Waals surface area (Å²) in [6.07, 6.45) is 1.03. The molecule has 4 heteroatoms. The molecule has 2 rings (SSSR count). The third-order valence-electron chi connectivity index (χ3n) is 3.88. The molecule has 3 nitrogen and oxygen atoms in total. The number of aromatic hydroxyl groups is 1. The van der Waals surface area contributed by atoms with Crippen LogP contribution in [-0.4, -0.2) is 16.3 Å². The van der Waals surface area contributed by atoms with Crippen LogP contribution in [0.3, 0.4) is 0 Å². The first kappa shape index (κ1) is 17.4. The van der Waals surface area contributed by atoms with Crippen LogP contribution in [0.2, 0.25) is 0 Å². The summed E-state index contributed by atoms with van der Waals surface area (Å²) in [6.45, 7) is 6.20. The molecule has 0 bridgehead atoms. The highest BCUT2D eigenvalue weighted by molar-refractivity contribution is 8.00. The highest BCUT2D eigenvalue weighted by Crippen LogP contribution is 2.29. The molecule has 2 unspecified atom stereocenters. The van der Waals surface area contributed by atoms with Gasteiger partial charge >= 0.3 is 0 Å². The number of amides is 1. The zero-order chi connectivity index (χ0) is 16.8. The van der Waals surface area contributed by atoms with Crippen molar-refractivity contribution in [2.45, 2.75) is 43.3 Å². The Labute approximate surface area is 142 Å². The van der Waals surface area contributed by atoms with E-state index in [-0.39, 0.29) is 16.9 Å². The average molecular weight is 329 g/mol. The Balaban J connectivity index is 2.05. The first-order valence-electron chi connectivity index (χ1n) is 7.86. The second-order valence-corrected chi connectivity index (χ2v) is 7.05. The van der Waals surface area contributed by atoms with Crippen LogP contribution in [0, 0.1) is 0 Å². The fourth-order valence-electron chi connectivity index (χ4n) is 2.28. The van der Waals surface area contributed by atoms with Crippen molar-refractivity contribution in [3.8, 4) is 5.75 Å². The Hall–Kier alpha value is -1.94. The predicted octanol–water partition coefficient (Wildman–Crippen LogP) is 5.03. The van der Waals surface area contributed by atoms with Gasteiger partial charge < -0.3 is 10.4 Å². The van der Waals surface area contributed by atoms with Crippen molar-refractivity contribution >= 4 is 23.4 Å². The first-order chi connectivity index (χ1) is 11.0. The lowest BCUT2D eigenvalue weighted by atomic mass is 9.97. The van der Waals surface area contributed by atoms with Crippen LogP contribution in [0.25, 0.3) is 0 Å². The van der Waals surface area contributed by atoms with Crippen molar-refractivity contribution in [2.24, 2.45) is 0 Å². The van der Waals surface area contributed by atoms with Crippen LogP contribution >= 0.6 is 11.8 Å². The van der Waals surface area contributed by atoms with E-state index in [0.717, 1.165) is 17.0 Å². The lowest BCUT2D eigenvalue weighted by Gasteiger charge is -2.17. The molecule has 0 radical (unpaired) electrons. The number of phenolic OH excluding ortho intramolecular Hbond substituents is 1. The van der Waals surface area contributed by atoms with Gasteiger partial charge in [-0.3, -0.25) is 4.79 Å². The van der Waals surface area contributed by atoms with Crippen molar-refractivity contribution in [1.29, 1.82) is 0 Å². The molecule has 0 fully saturated rings. The van der Waals surface area contributed by atoms with E-state index in [1.165, 1.54) is 17.3 Å². The van der Waals surface area contributed by atoms with E-state index in [9.17, 15) is 9.90 Å². The van der Waals surface area contributed by atoms with E-state index in [1.807, 2.05) is 37.3 Å². The van der Waals surface area contributed by atoms with Gasteiger partial charge in [0.05, 0.1) is 5.25 Å². The number of thioether (sulfide) groups is 1. The van der Waals surface area contributed by atoms with Gasteiger partial charge in [-0.2, -0.15) is 0 Å². The van der Waals surface area contributed by atoms with Gasteiger partial charge in [0, 0.05) is 10.6 Å². The maximum Gasteiger partial charge on any atom is 0.237 e. The fraction of sp³-hybridized carbons (Fsp3) is 0.316. The molecule has 2 aromatic rings. The number of hydrogen-bond donors (Lipinski definition) is 2. The van der Waals surface area contributed by atoms with Gasteiger partial charge in [0.25, 0.3) is 0 Å². The standard InChI is InChI=1S/C19H23NO2S/c1-4-13(2)17-7-5-6-8-18(17)20-19(22)14(3)23-16-11-9-15(21)10-12-16/h5-14,21H,4H2,1-3H3,(H,20,22). The maximum absolute atomic E-state index is 12.5. The van der Waals surface area contributed by atoms with Gasteiger partial charge in [0.2, 0.25) is 5.91 Å². The minimum Gasteiger partial charge on any atom is -0.508 e. The summed E-state index contributed by atoms with van der Waals surface area (Å²) in [7, 11) is 0. The van der Waals surface area contributed by atoms with Crippen molar-refractivity contribution in [3.63, 3.8) is 0 Å². The highest BCUT2D eigenvalue weighted by atomic mass is 32.2. The summed E-state index contributed by atoms with van der Waals surface area (Å²) < 4.78 is 0. The largest absolute Gasteiger partial charge is 0.508 e. The molecular weight excluding hydrogens is 306 g/mol. The van der Waals surface area contributed by atoms with Crippen molar-refractivity contribution in [2.75, 3.05) is 5.32 Å². The average Bonchev–Trinajstić information content (AvgIpc) is 2.56. The molecule has 0 heterocycles. The normalized spacial score (nSPS) is 13.3. The Morgan fingerprint density at radius 2 is 1.78 bits per heavy atom. The van der Waals surface area contributed by atoms with Crippen LogP contribution in [-0.2, 0) is 4.79 Å². The zero-order valence-electron chi connectivity index (χ0n) is 13.7. The predicted molar refractivity (Wildman–Crippen MR) is 97.2 cm³/mol. The molecule has 0 aromatic heterocycles. The molecule has 0 spiro atoms. The van der Waals surface area contributed by atoms with Crippen molar-refractivity contribution in [1.82, 2.24) is 0 Å². The molecule has 1 amide bonds. The zero-order valence-corrected chi connectivity index (χ0v) is 14.6. The van der Waals surface area contributed by atoms with Gasteiger partial charge in [-0.25, -0.2) is 0 Å². The number of benzene rings is 2. The molecule has 0 aliphatic rings. The third kappa shape index (κ3) is 4.76. The minimum atomic E-state index is -0.218. The number of phenols is 1. The summed E-state index contributed by atoms with van der Waals surface area (Å²) in [6, 6.07) is 14.9. The quantitative estimate of drug-likeness (QED) is 0.731. The summed E-state index contributed by atoms with van der Waals surface area (Å²) in [4.78, 5) is 13.4. The molecule has 0 aliphatic heterocycles. The fourth-order valence-corrected chi connectivity index (χ4v) is 3.14. The number of nitrogens with one attached hydrogen (secondary N) is 1. The molecule has 0 saturated heterocycles. The molecule has 23 heavy (non-hydrogen) atoms. The first-order valence-corrected chi connectivity index (χ1v) is 8.74. The second kappa shape index (κ2) is 8.06. The van der Waals surface area contributed by atoms with Gasteiger partial charge in [0.1, 0.15) is 5.75 Å². The van der Waals surface area contributed by atoms with Crippen molar-refractivity contribution < 1.29 is 9.90 Å². The van der Waals surface area contributed by atoms with E-state index in [0.29, 0.717) is 5.92 Å². The maximum atomic E-state index is 12.5. The lowest BCUT2D eigenvalue weighted by molar-refractivity contribution is -0.115. The molecule has 2 aromatic carbocycles. The van der Waals surface area contributed by atoms with E-state index in [1.54, 1.807) is 12.1 Å². The van der Waals surface area contributed by atoms with Crippen LogP contribution in [0.15, 0.2) is 53.4 Å². The lowest BCUT2D eigenvalue weighted by Crippen LogP contribution is -2.23. The summed E-state index contributed by atoms with van der Waals surface area (Å²) in [5, 5.41) is 12.1. The number of para-hydroxylation sites is 1. The summed E-state index contributed by atoms with van der Waals surface area (Å²) in [5.74, 6) is 0.624. The molecule has 122 valence electrons. The van der Waals surface area contributed by atoms with E-state index in [2.05, 4.69) is 25.2 Å². The van der Waals surface area contributed by atoms with Crippen molar-refractivity contribution in [3.05, 3.63) is 54.1 Å². The van der Waals surface area contributed by atoms with E-state index >= 15 is 0 Å². The van der Waals surface area contributed by atoms with E-state index < -0.39 is 0 Å². The second-order valence-electron chi connectivity index (χ2n) is 5.64. The van der Waals surface area contributed by atoms with Crippen LogP contribution < -0.4 is 5.32 Å². The number of carbonyl (C=O) groups excluding carboxylic acids is 1. The number of rotatable bonds is 6. The highest BCUT2D eigenvalue weighted by Gasteiger charge is 2.17. The topological polar surface area (TPSA) is 49.3 Å². The van der Waals surface area contributed by atoms with Crippen LogP contribution in [0.4, 0.5) is 5.69 Å². The van der Waals surface area contributed by atoms with Gasteiger partial charge in [-0.1, -0.05) is 32.0 Å². The molecule has 2 atom stereocenters. The van der Waals surface area contributed by atoms with Crippen LogP contribution in [0.1, 0.15) is 38.7 Å².